The lowest BCUT2D eigenvalue weighted by Gasteiger charge is -2.62. The van der Waals surface area contributed by atoms with Crippen LogP contribution in [0.1, 0.15) is 43.2 Å². The van der Waals surface area contributed by atoms with Gasteiger partial charge in [0.25, 0.3) is 0 Å². The van der Waals surface area contributed by atoms with Crippen LogP contribution in [0, 0.1) is 5.92 Å². The first-order valence-electron chi connectivity index (χ1n) is 10.3. The molecule has 0 aromatic heterocycles. The number of ether oxygens (including phenoxy) is 1. The first kappa shape index (κ1) is 15.7. The maximum atomic E-state index is 12.2. The van der Waals surface area contributed by atoms with Gasteiger partial charge in [-0.05, 0) is 44.4 Å². The molecule has 2 aliphatic heterocycles. The number of benzene rings is 1. The van der Waals surface area contributed by atoms with Crippen LogP contribution in [0.5, 0.6) is 11.5 Å². The van der Waals surface area contributed by atoms with Gasteiger partial charge in [-0.3, -0.25) is 0 Å². The van der Waals surface area contributed by atoms with E-state index in [1.54, 1.807) is 11.0 Å². The van der Waals surface area contributed by atoms with E-state index in [2.05, 4.69) is 11.4 Å². The average Bonchev–Trinajstić information content (AvgIpc) is 3.37. The van der Waals surface area contributed by atoms with Crippen molar-refractivity contribution in [1.29, 1.82) is 0 Å². The highest BCUT2D eigenvalue weighted by atomic mass is 16.5. The summed E-state index contributed by atoms with van der Waals surface area (Å²) in [6.45, 7) is 2.32. The lowest BCUT2D eigenvalue weighted by Crippen LogP contribution is -3.21. The Morgan fingerprint density at radius 3 is 2.88 bits per heavy atom. The molecule has 2 bridgehead atoms. The van der Waals surface area contributed by atoms with E-state index >= 15 is 0 Å². The molecule has 3 fully saturated rings. The number of hydrogen-bond acceptors (Lipinski definition) is 4. The maximum Gasteiger partial charge on any atom is 0.165 e. The van der Waals surface area contributed by atoms with Gasteiger partial charge in [-0.15, -0.1) is 0 Å². The molecule has 140 valence electrons. The van der Waals surface area contributed by atoms with Crippen LogP contribution < -0.4 is 15.0 Å². The number of hydrogen-bond donors (Lipinski definition) is 4. The molecule has 1 aromatic carbocycles. The smallest absolute Gasteiger partial charge is 0.165 e. The molecule has 2 heterocycles. The number of aliphatic hydroxyl groups is 1. The summed E-state index contributed by atoms with van der Waals surface area (Å²) in [6.07, 6.45) is 6.25. The molecule has 0 radical (unpaired) electrons. The van der Waals surface area contributed by atoms with E-state index in [1.807, 2.05) is 7.05 Å². The number of phenols is 1. The van der Waals surface area contributed by atoms with Crippen LogP contribution in [0.2, 0.25) is 0 Å². The SMILES string of the molecule is CN[C@@H]1CC[C@@]2(O)[C@H]3Cc4ccc(O)c5c4[C@@]2(CC[NH+]3CC2CC2)[C@H]1O5. The summed E-state index contributed by atoms with van der Waals surface area (Å²) in [5, 5.41) is 26.1. The van der Waals surface area contributed by atoms with Crippen molar-refractivity contribution in [3.05, 3.63) is 23.3 Å². The van der Waals surface area contributed by atoms with Crippen molar-refractivity contribution in [1.82, 2.24) is 5.32 Å². The Hall–Kier alpha value is -1.30. The normalized spacial score (nSPS) is 45.2. The van der Waals surface area contributed by atoms with E-state index in [-0.39, 0.29) is 29.4 Å². The Labute approximate surface area is 154 Å². The third-order valence-electron chi connectivity index (χ3n) is 8.33. The third-order valence-corrected chi connectivity index (χ3v) is 8.33. The predicted molar refractivity (Wildman–Crippen MR) is 96.8 cm³/mol. The topological polar surface area (TPSA) is 66.2 Å². The standard InChI is InChI=1S/C21H28N2O3/c1-22-14-6-7-21(25)16-10-13-4-5-15(24)18-17(13)20(21,19(14)26-18)8-9-23(16)11-12-2-3-12/h4-5,12,14,16,19,22,24-25H,2-3,6-11H2,1H3/p+1/t14-,16-,19+,20+,21-/m1/s1. The molecule has 3 aliphatic carbocycles. The largest absolute Gasteiger partial charge is 0.504 e. The van der Waals surface area contributed by atoms with E-state index in [0.29, 0.717) is 5.75 Å². The van der Waals surface area contributed by atoms with Crippen LogP contribution >= 0.6 is 0 Å². The van der Waals surface area contributed by atoms with Crippen LogP contribution in [-0.2, 0) is 11.8 Å². The van der Waals surface area contributed by atoms with Gasteiger partial charge in [0.1, 0.15) is 17.7 Å². The minimum absolute atomic E-state index is 0.0847. The fraction of sp³-hybridized carbons (Fsp3) is 0.714. The molecule has 2 saturated carbocycles. The molecule has 6 atom stereocenters. The summed E-state index contributed by atoms with van der Waals surface area (Å²) >= 11 is 0. The molecule has 0 amide bonds. The number of quaternary nitrogens is 1. The first-order chi connectivity index (χ1) is 12.6. The van der Waals surface area contributed by atoms with Gasteiger partial charge in [0, 0.05) is 30.4 Å². The second-order valence-electron chi connectivity index (χ2n) is 9.38. The minimum atomic E-state index is -0.723. The number of likely N-dealkylation sites (tertiary alicyclic amines) is 1. The number of nitrogens with one attached hydrogen (secondary N) is 2. The van der Waals surface area contributed by atoms with E-state index < -0.39 is 5.60 Å². The second kappa shape index (κ2) is 4.94. The molecule has 5 nitrogen and oxygen atoms in total. The monoisotopic (exact) mass is 357 g/mol. The highest BCUT2D eigenvalue weighted by Gasteiger charge is 2.74. The van der Waals surface area contributed by atoms with Gasteiger partial charge in [0.2, 0.25) is 0 Å². The molecular weight excluding hydrogens is 328 g/mol. The molecule has 26 heavy (non-hydrogen) atoms. The van der Waals surface area contributed by atoms with Crippen molar-refractivity contribution in [2.75, 3.05) is 20.1 Å². The van der Waals surface area contributed by atoms with Crippen molar-refractivity contribution >= 4 is 0 Å². The van der Waals surface area contributed by atoms with Crippen LogP contribution in [0.4, 0.5) is 0 Å². The Bertz CT molecular complexity index is 779. The van der Waals surface area contributed by atoms with Crippen LogP contribution in [0.25, 0.3) is 0 Å². The summed E-state index contributed by atoms with van der Waals surface area (Å²) in [4.78, 5) is 1.61. The van der Waals surface area contributed by atoms with Gasteiger partial charge in [0.05, 0.1) is 18.5 Å². The lowest BCUT2D eigenvalue weighted by atomic mass is 9.48. The molecule has 1 spiro atoms. The van der Waals surface area contributed by atoms with Crippen LogP contribution in [0.15, 0.2) is 12.1 Å². The number of aromatic hydroxyl groups is 1. The van der Waals surface area contributed by atoms with Crippen molar-refractivity contribution in [3.63, 3.8) is 0 Å². The van der Waals surface area contributed by atoms with Gasteiger partial charge in [-0.25, -0.2) is 0 Å². The predicted octanol–water partition coefficient (Wildman–Crippen LogP) is 0.127. The summed E-state index contributed by atoms with van der Waals surface area (Å²) < 4.78 is 6.43. The maximum absolute atomic E-state index is 12.2. The summed E-state index contributed by atoms with van der Waals surface area (Å²) in [6, 6.07) is 4.34. The molecule has 5 aliphatic rings. The fourth-order valence-corrected chi connectivity index (χ4v) is 7.00. The zero-order valence-electron chi connectivity index (χ0n) is 15.4. The van der Waals surface area contributed by atoms with Crippen LogP contribution in [-0.4, -0.2) is 54.1 Å². The van der Waals surface area contributed by atoms with E-state index in [1.165, 1.54) is 24.9 Å². The Kier molecular flexibility index (Phi) is 2.99. The van der Waals surface area contributed by atoms with E-state index in [4.69, 9.17) is 4.74 Å². The molecule has 4 N–H and O–H groups in total. The van der Waals surface area contributed by atoms with Gasteiger partial charge >= 0.3 is 0 Å². The van der Waals surface area contributed by atoms with Crippen molar-refractivity contribution in [2.45, 2.75) is 67.7 Å². The molecule has 1 unspecified atom stereocenters. The van der Waals surface area contributed by atoms with Gasteiger partial charge in [-0.1, -0.05) is 6.07 Å². The highest BCUT2D eigenvalue weighted by Crippen LogP contribution is 2.63. The quantitative estimate of drug-likeness (QED) is 0.621. The molecule has 1 saturated heterocycles. The Morgan fingerprint density at radius 1 is 1.27 bits per heavy atom. The minimum Gasteiger partial charge on any atom is -0.504 e. The molecular formula is C21H29N2O3+. The third kappa shape index (κ3) is 1.68. The van der Waals surface area contributed by atoms with E-state index in [0.717, 1.165) is 43.7 Å². The van der Waals surface area contributed by atoms with Gasteiger partial charge < -0.3 is 25.2 Å². The first-order valence-corrected chi connectivity index (χ1v) is 10.3. The zero-order valence-corrected chi connectivity index (χ0v) is 15.4. The fourth-order valence-electron chi connectivity index (χ4n) is 7.00. The van der Waals surface area contributed by atoms with Crippen molar-refractivity contribution < 1.29 is 19.8 Å². The number of phenolic OH excluding ortho intramolecular Hbond substituents is 1. The Morgan fingerprint density at radius 2 is 2.12 bits per heavy atom. The zero-order chi connectivity index (χ0) is 17.7. The second-order valence-corrected chi connectivity index (χ2v) is 9.38. The van der Waals surface area contributed by atoms with Crippen molar-refractivity contribution in [3.8, 4) is 11.5 Å². The molecule has 1 aromatic rings. The van der Waals surface area contributed by atoms with Crippen LogP contribution in [0.3, 0.4) is 0 Å². The number of rotatable bonds is 3. The van der Waals surface area contributed by atoms with E-state index in [9.17, 15) is 10.2 Å². The summed E-state index contributed by atoms with van der Waals surface area (Å²) in [7, 11) is 1.99. The summed E-state index contributed by atoms with van der Waals surface area (Å²) in [5.41, 5.74) is 1.34. The molecule has 5 heteroatoms. The Balaban J connectivity index is 1.55. The lowest BCUT2D eigenvalue weighted by molar-refractivity contribution is -0.944. The average molecular weight is 357 g/mol. The highest BCUT2D eigenvalue weighted by molar-refractivity contribution is 5.62. The van der Waals surface area contributed by atoms with Gasteiger partial charge in [-0.2, -0.15) is 0 Å². The van der Waals surface area contributed by atoms with Crippen molar-refractivity contribution in [2.24, 2.45) is 5.92 Å². The summed E-state index contributed by atoms with van der Waals surface area (Å²) in [5.74, 6) is 1.75. The molecule has 6 rings (SSSR count). The number of likely N-dealkylation sites (N-methyl/N-ethyl adjacent to an activating group) is 1. The number of piperidine rings is 1. The van der Waals surface area contributed by atoms with Gasteiger partial charge in [0.15, 0.2) is 11.5 Å².